The van der Waals surface area contributed by atoms with Crippen molar-refractivity contribution in [3.63, 3.8) is 0 Å². The van der Waals surface area contributed by atoms with Gasteiger partial charge in [0.2, 0.25) is 0 Å². The van der Waals surface area contributed by atoms with E-state index in [1.807, 2.05) is 18.2 Å². The molecule has 0 bridgehead atoms. The smallest absolute Gasteiger partial charge is 0.123 e. The number of nitrogens with two attached hydrogens (primary N) is 1. The van der Waals surface area contributed by atoms with E-state index in [9.17, 15) is 0 Å². The van der Waals surface area contributed by atoms with E-state index in [0.717, 1.165) is 23.6 Å². The first-order valence-corrected chi connectivity index (χ1v) is 7.25. The summed E-state index contributed by atoms with van der Waals surface area (Å²) in [4.78, 5) is 2.32. The second-order valence-corrected chi connectivity index (χ2v) is 5.18. The maximum Gasteiger partial charge on any atom is 0.123 e. The molecule has 0 amide bonds. The Bertz CT molecular complexity index is 424. The molecule has 0 fully saturated rings. The molecule has 0 spiro atoms. The fourth-order valence-corrected chi connectivity index (χ4v) is 2.51. The summed E-state index contributed by atoms with van der Waals surface area (Å²) in [5.41, 5.74) is 7.10. The van der Waals surface area contributed by atoms with Crippen LogP contribution >= 0.6 is 0 Å². The minimum atomic E-state index is 0.0604. The van der Waals surface area contributed by atoms with Gasteiger partial charge in [-0.3, -0.25) is 4.90 Å². The van der Waals surface area contributed by atoms with Crippen molar-refractivity contribution < 1.29 is 14.2 Å². The van der Waals surface area contributed by atoms with Gasteiger partial charge >= 0.3 is 0 Å². The van der Waals surface area contributed by atoms with Crippen LogP contribution in [0.3, 0.4) is 0 Å². The summed E-state index contributed by atoms with van der Waals surface area (Å²) in [6.07, 6.45) is 0. The molecule has 2 N–H and O–H groups in total. The lowest BCUT2D eigenvalue weighted by Gasteiger charge is -2.35. The zero-order valence-electron chi connectivity index (χ0n) is 13.8. The quantitative estimate of drug-likeness (QED) is 0.756. The van der Waals surface area contributed by atoms with Crippen LogP contribution in [0.5, 0.6) is 11.5 Å². The molecular weight excluding hydrogens is 268 g/mol. The number of benzene rings is 1. The van der Waals surface area contributed by atoms with Gasteiger partial charge in [0.1, 0.15) is 11.5 Å². The molecule has 1 aromatic carbocycles. The molecule has 0 aliphatic rings. The van der Waals surface area contributed by atoms with Crippen LogP contribution in [-0.4, -0.2) is 52.0 Å². The van der Waals surface area contributed by atoms with Crippen molar-refractivity contribution >= 4 is 0 Å². The molecule has 0 radical (unpaired) electrons. The van der Waals surface area contributed by atoms with Crippen molar-refractivity contribution in [3.05, 3.63) is 23.8 Å². The Kier molecular flexibility index (Phi) is 7.50. The zero-order valence-corrected chi connectivity index (χ0v) is 13.8. The summed E-state index contributed by atoms with van der Waals surface area (Å²) >= 11 is 0. The number of hydrogen-bond acceptors (Lipinski definition) is 5. The summed E-state index contributed by atoms with van der Waals surface area (Å²) in [6.45, 7) is 6.30. The highest BCUT2D eigenvalue weighted by atomic mass is 16.5. The molecule has 0 saturated carbocycles. The van der Waals surface area contributed by atoms with Gasteiger partial charge in [0, 0.05) is 31.8 Å². The normalized spacial score (nSPS) is 12.8. The maximum absolute atomic E-state index is 6.05. The topological polar surface area (TPSA) is 57.0 Å². The molecule has 5 nitrogen and oxygen atoms in total. The average molecular weight is 296 g/mol. The summed E-state index contributed by atoms with van der Waals surface area (Å²) in [5, 5.41) is 0. The molecule has 0 aliphatic heterocycles. The van der Waals surface area contributed by atoms with Crippen molar-refractivity contribution in [2.24, 2.45) is 5.73 Å². The molecule has 1 aromatic rings. The predicted molar refractivity (Wildman–Crippen MR) is 85.1 cm³/mol. The minimum absolute atomic E-state index is 0.0604. The Labute approximate surface area is 128 Å². The van der Waals surface area contributed by atoms with Crippen molar-refractivity contribution in [1.82, 2.24) is 4.90 Å². The van der Waals surface area contributed by atoms with Crippen LogP contribution in [0.25, 0.3) is 0 Å². The number of hydrogen-bond donors (Lipinski definition) is 1. The first-order valence-electron chi connectivity index (χ1n) is 7.25. The summed E-state index contributed by atoms with van der Waals surface area (Å²) < 4.78 is 16.0. The van der Waals surface area contributed by atoms with Gasteiger partial charge in [-0.25, -0.2) is 0 Å². The third kappa shape index (κ3) is 4.59. The highest BCUT2D eigenvalue weighted by Gasteiger charge is 2.24. The molecule has 1 rings (SSSR count). The molecular formula is C16H28N2O3. The highest BCUT2D eigenvalue weighted by Crippen LogP contribution is 2.33. The van der Waals surface area contributed by atoms with Crippen molar-refractivity contribution in [2.75, 3.05) is 41.0 Å². The van der Waals surface area contributed by atoms with Crippen molar-refractivity contribution in [1.29, 1.82) is 0 Å². The summed E-state index contributed by atoms with van der Waals surface area (Å²) in [6, 6.07) is 6.23. The predicted octanol–water partition coefficient (Wildman–Crippen LogP) is 2.06. The van der Waals surface area contributed by atoms with Gasteiger partial charge in [-0.15, -0.1) is 0 Å². The number of nitrogens with zero attached hydrogens (tertiary/aromatic N) is 1. The Morgan fingerprint density at radius 3 is 2.33 bits per heavy atom. The third-order valence-electron chi connectivity index (χ3n) is 3.64. The third-order valence-corrected chi connectivity index (χ3v) is 3.64. The second-order valence-electron chi connectivity index (χ2n) is 5.18. The van der Waals surface area contributed by atoms with Crippen LogP contribution in [0.2, 0.25) is 0 Å². The first kappa shape index (κ1) is 17.8. The van der Waals surface area contributed by atoms with E-state index in [4.69, 9.17) is 19.9 Å². The van der Waals surface area contributed by atoms with Crippen LogP contribution in [0.1, 0.15) is 25.5 Å². The molecule has 5 heteroatoms. The number of methoxy groups -OCH3 is 3. The van der Waals surface area contributed by atoms with Crippen LogP contribution < -0.4 is 15.2 Å². The molecule has 0 saturated heterocycles. The van der Waals surface area contributed by atoms with E-state index in [-0.39, 0.29) is 6.04 Å². The fourth-order valence-electron chi connectivity index (χ4n) is 2.51. The molecule has 0 aliphatic carbocycles. The van der Waals surface area contributed by atoms with E-state index < -0.39 is 0 Å². The molecule has 1 unspecified atom stereocenters. The van der Waals surface area contributed by atoms with Crippen LogP contribution in [0.15, 0.2) is 18.2 Å². The van der Waals surface area contributed by atoms with Gasteiger partial charge in [-0.05, 0) is 32.0 Å². The Morgan fingerprint density at radius 2 is 1.86 bits per heavy atom. The van der Waals surface area contributed by atoms with Gasteiger partial charge in [0.15, 0.2) is 0 Å². The van der Waals surface area contributed by atoms with Crippen LogP contribution in [0, 0.1) is 0 Å². The number of rotatable bonds is 9. The van der Waals surface area contributed by atoms with E-state index >= 15 is 0 Å². The van der Waals surface area contributed by atoms with Gasteiger partial charge in [0.05, 0.1) is 26.9 Å². The summed E-state index contributed by atoms with van der Waals surface area (Å²) in [5.74, 6) is 1.63. The first-order chi connectivity index (χ1) is 10.1. The van der Waals surface area contributed by atoms with E-state index in [0.29, 0.717) is 19.2 Å². The summed E-state index contributed by atoms with van der Waals surface area (Å²) in [7, 11) is 5.05. The maximum atomic E-state index is 6.05. The van der Waals surface area contributed by atoms with E-state index in [1.165, 1.54) is 0 Å². The molecule has 0 aromatic heterocycles. The molecule has 21 heavy (non-hydrogen) atoms. The fraction of sp³-hybridized carbons (Fsp3) is 0.625. The molecule has 120 valence electrons. The van der Waals surface area contributed by atoms with Crippen LogP contribution in [-0.2, 0) is 4.74 Å². The van der Waals surface area contributed by atoms with Gasteiger partial charge in [-0.1, -0.05) is 0 Å². The second kappa shape index (κ2) is 8.87. The lowest BCUT2D eigenvalue weighted by Crippen LogP contribution is -2.40. The van der Waals surface area contributed by atoms with E-state index in [1.54, 1.807) is 21.3 Å². The Balaban J connectivity index is 3.16. The Hall–Kier alpha value is -1.30. The largest absolute Gasteiger partial charge is 0.497 e. The zero-order chi connectivity index (χ0) is 15.8. The Morgan fingerprint density at radius 1 is 1.14 bits per heavy atom. The molecule has 0 heterocycles. The van der Waals surface area contributed by atoms with Crippen molar-refractivity contribution in [3.8, 4) is 11.5 Å². The van der Waals surface area contributed by atoms with Gasteiger partial charge in [-0.2, -0.15) is 0 Å². The molecule has 1 atom stereocenters. The number of ether oxygens (including phenoxy) is 3. The van der Waals surface area contributed by atoms with Gasteiger partial charge < -0.3 is 19.9 Å². The average Bonchev–Trinajstić information content (AvgIpc) is 2.50. The van der Waals surface area contributed by atoms with Crippen molar-refractivity contribution in [2.45, 2.75) is 25.9 Å². The highest BCUT2D eigenvalue weighted by molar-refractivity contribution is 5.42. The van der Waals surface area contributed by atoms with Crippen LogP contribution in [0.4, 0.5) is 0 Å². The monoisotopic (exact) mass is 296 g/mol. The lowest BCUT2D eigenvalue weighted by atomic mass is 10.0. The minimum Gasteiger partial charge on any atom is -0.497 e. The SMILES string of the molecule is COCCN(C(C)C)C(CN)c1cc(OC)ccc1OC. The standard InChI is InChI=1S/C16H28N2O3/c1-12(2)18(8-9-19-3)15(11-17)14-10-13(20-4)6-7-16(14)21-5/h6-7,10,12,15H,8-9,11,17H2,1-5H3. The van der Waals surface area contributed by atoms with Gasteiger partial charge in [0.25, 0.3) is 0 Å². The lowest BCUT2D eigenvalue weighted by molar-refractivity contribution is 0.0968. The van der Waals surface area contributed by atoms with E-state index in [2.05, 4.69) is 18.7 Å².